The van der Waals surface area contributed by atoms with E-state index in [1.807, 2.05) is 6.07 Å². The minimum absolute atomic E-state index is 0.455. The van der Waals surface area contributed by atoms with Crippen molar-refractivity contribution >= 4 is 28.9 Å². The SMILES string of the molecule is O=C(COC(=O)c1cc2c(s1)CCCCC2)Nc1c(F)cccc1F. The molecule has 1 heterocycles. The number of ether oxygens (including phenoxy) is 1. The summed E-state index contributed by atoms with van der Waals surface area (Å²) in [6.07, 6.45) is 5.31. The average molecular weight is 365 g/mol. The summed E-state index contributed by atoms with van der Waals surface area (Å²) >= 11 is 1.39. The first kappa shape index (κ1) is 17.5. The van der Waals surface area contributed by atoms with Gasteiger partial charge in [-0.25, -0.2) is 13.6 Å². The van der Waals surface area contributed by atoms with Crippen LogP contribution in [0.2, 0.25) is 0 Å². The number of carbonyl (C=O) groups excluding carboxylic acids is 2. The Hall–Kier alpha value is -2.28. The van der Waals surface area contributed by atoms with Gasteiger partial charge in [-0.1, -0.05) is 12.5 Å². The van der Waals surface area contributed by atoms with E-state index in [1.165, 1.54) is 34.3 Å². The predicted octanol–water partition coefficient (Wildman–Crippen LogP) is 4.09. The predicted molar refractivity (Wildman–Crippen MR) is 90.8 cm³/mol. The fraction of sp³-hybridized carbons (Fsp3) is 0.333. The molecule has 0 radical (unpaired) electrons. The lowest BCUT2D eigenvalue weighted by Gasteiger charge is -2.07. The number of benzene rings is 1. The lowest BCUT2D eigenvalue weighted by molar-refractivity contribution is -0.119. The Kier molecular flexibility index (Phi) is 5.43. The van der Waals surface area contributed by atoms with Gasteiger partial charge in [0.15, 0.2) is 6.61 Å². The molecule has 0 unspecified atom stereocenters. The van der Waals surface area contributed by atoms with Crippen molar-refractivity contribution in [3.63, 3.8) is 0 Å². The maximum absolute atomic E-state index is 13.5. The molecule has 132 valence electrons. The van der Waals surface area contributed by atoms with E-state index >= 15 is 0 Å². The maximum Gasteiger partial charge on any atom is 0.348 e. The second kappa shape index (κ2) is 7.74. The summed E-state index contributed by atoms with van der Waals surface area (Å²) in [7, 11) is 0. The summed E-state index contributed by atoms with van der Waals surface area (Å²) in [6.45, 7) is -0.602. The number of hydrogen-bond acceptors (Lipinski definition) is 4. The zero-order valence-corrected chi connectivity index (χ0v) is 14.3. The van der Waals surface area contributed by atoms with E-state index < -0.39 is 35.8 Å². The number of hydrogen-bond donors (Lipinski definition) is 1. The van der Waals surface area contributed by atoms with Gasteiger partial charge in [0, 0.05) is 4.88 Å². The van der Waals surface area contributed by atoms with Gasteiger partial charge < -0.3 is 10.1 Å². The van der Waals surface area contributed by atoms with Crippen LogP contribution in [0.25, 0.3) is 0 Å². The summed E-state index contributed by atoms with van der Waals surface area (Å²) < 4.78 is 31.9. The van der Waals surface area contributed by atoms with Crippen LogP contribution in [-0.2, 0) is 22.4 Å². The Morgan fingerprint density at radius 1 is 1.12 bits per heavy atom. The molecule has 4 nitrogen and oxygen atoms in total. The van der Waals surface area contributed by atoms with Gasteiger partial charge in [-0.15, -0.1) is 11.3 Å². The van der Waals surface area contributed by atoms with Crippen molar-refractivity contribution in [3.8, 4) is 0 Å². The highest BCUT2D eigenvalue weighted by molar-refractivity contribution is 7.14. The van der Waals surface area contributed by atoms with Crippen molar-refractivity contribution in [2.24, 2.45) is 0 Å². The average Bonchev–Trinajstić information content (AvgIpc) is 2.87. The van der Waals surface area contributed by atoms with Crippen LogP contribution in [0.15, 0.2) is 24.3 Å². The number of amides is 1. The smallest absolute Gasteiger partial charge is 0.348 e. The molecule has 1 N–H and O–H groups in total. The molecule has 2 aromatic rings. The van der Waals surface area contributed by atoms with E-state index in [-0.39, 0.29) is 0 Å². The third kappa shape index (κ3) is 4.22. The molecule has 1 aliphatic carbocycles. The summed E-state index contributed by atoms with van der Waals surface area (Å²) in [5, 5.41) is 2.08. The Balaban J connectivity index is 1.58. The van der Waals surface area contributed by atoms with Crippen molar-refractivity contribution in [3.05, 3.63) is 51.2 Å². The molecule has 0 atom stereocenters. The van der Waals surface area contributed by atoms with Crippen LogP contribution in [0, 0.1) is 11.6 Å². The molecule has 0 spiro atoms. The van der Waals surface area contributed by atoms with E-state index in [1.54, 1.807) is 0 Å². The molecule has 1 aromatic carbocycles. The first-order chi connectivity index (χ1) is 12.0. The molecular formula is C18H17F2NO3S. The monoisotopic (exact) mass is 365 g/mol. The number of rotatable bonds is 4. The van der Waals surface area contributed by atoms with E-state index in [2.05, 4.69) is 5.32 Å². The Labute approximate surface area is 147 Å². The summed E-state index contributed by atoms with van der Waals surface area (Å²) in [6, 6.07) is 5.08. The molecule has 25 heavy (non-hydrogen) atoms. The molecule has 1 aliphatic rings. The summed E-state index contributed by atoms with van der Waals surface area (Å²) in [5.41, 5.74) is 0.624. The van der Waals surface area contributed by atoms with Crippen LogP contribution in [0.3, 0.4) is 0 Å². The first-order valence-electron chi connectivity index (χ1n) is 8.07. The number of thiophene rings is 1. The lowest BCUT2D eigenvalue weighted by Crippen LogP contribution is -2.21. The number of para-hydroxylation sites is 1. The maximum atomic E-state index is 13.5. The molecule has 0 saturated heterocycles. The van der Waals surface area contributed by atoms with Gasteiger partial charge in [-0.2, -0.15) is 0 Å². The highest BCUT2D eigenvalue weighted by atomic mass is 32.1. The molecule has 1 amide bonds. The summed E-state index contributed by atoms with van der Waals surface area (Å²) in [5.74, 6) is -3.17. The normalized spacial score (nSPS) is 13.7. The van der Waals surface area contributed by atoms with E-state index in [4.69, 9.17) is 4.74 Å². The fourth-order valence-corrected chi connectivity index (χ4v) is 3.91. The molecule has 0 fully saturated rings. The highest BCUT2D eigenvalue weighted by Crippen LogP contribution is 2.29. The molecule has 7 heteroatoms. The quantitative estimate of drug-likeness (QED) is 0.656. The van der Waals surface area contributed by atoms with Crippen LogP contribution in [0.1, 0.15) is 39.4 Å². The molecule has 0 saturated carbocycles. The van der Waals surface area contributed by atoms with Gasteiger partial charge >= 0.3 is 5.97 Å². The van der Waals surface area contributed by atoms with E-state index in [0.29, 0.717) is 4.88 Å². The van der Waals surface area contributed by atoms with Crippen LogP contribution < -0.4 is 5.32 Å². The van der Waals surface area contributed by atoms with Crippen molar-refractivity contribution in [1.29, 1.82) is 0 Å². The largest absolute Gasteiger partial charge is 0.451 e. The number of halogens is 2. The Bertz CT molecular complexity index is 760. The first-order valence-corrected chi connectivity index (χ1v) is 8.89. The minimum Gasteiger partial charge on any atom is -0.451 e. The molecule has 3 rings (SSSR count). The topological polar surface area (TPSA) is 55.4 Å². The number of aryl methyl sites for hydroxylation is 2. The number of anilines is 1. The second-order valence-corrected chi connectivity index (χ2v) is 6.98. The van der Waals surface area contributed by atoms with Gasteiger partial charge in [0.25, 0.3) is 5.91 Å². The van der Waals surface area contributed by atoms with Crippen LogP contribution in [0.4, 0.5) is 14.5 Å². The molecular weight excluding hydrogens is 348 g/mol. The van der Waals surface area contributed by atoms with Crippen molar-refractivity contribution < 1.29 is 23.1 Å². The zero-order chi connectivity index (χ0) is 17.8. The van der Waals surface area contributed by atoms with Crippen molar-refractivity contribution in [2.75, 3.05) is 11.9 Å². The third-order valence-electron chi connectivity index (χ3n) is 4.01. The second-order valence-electron chi connectivity index (χ2n) is 5.84. The van der Waals surface area contributed by atoms with E-state index in [9.17, 15) is 18.4 Å². The number of esters is 1. The Morgan fingerprint density at radius 2 is 1.84 bits per heavy atom. The van der Waals surface area contributed by atoms with Gasteiger partial charge in [0.05, 0.1) is 0 Å². The number of nitrogens with one attached hydrogen (secondary N) is 1. The van der Waals surface area contributed by atoms with Crippen molar-refractivity contribution in [2.45, 2.75) is 32.1 Å². The number of fused-ring (bicyclic) bond motifs is 1. The number of carbonyl (C=O) groups is 2. The lowest BCUT2D eigenvalue weighted by atomic mass is 10.1. The van der Waals surface area contributed by atoms with Gasteiger partial charge in [-0.05, 0) is 49.4 Å². The van der Waals surface area contributed by atoms with Crippen LogP contribution in [-0.4, -0.2) is 18.5 Å². The van der Waals surface area contributed by atoms with E-state index in [0.717, 1.165) is 37.8 Å². The Morgan fingerprint density at radius 3 is 2.60 bits per heavy atom. The molecule has 1 aromatic heterocycles. The third-order valence-corrected chi connectivity index (χ3v) is 5.23. The standard InChI is InChI=1S/C18H17F2NO3S/c19-12-6-4-7-13(20)17(12)21-16(22)10-24-18(23)15-9-11-5-2-1-3-8-14(11)25-15/h4,6-7,9H,1-3,5,8,10H2,(H,21,22). The minimum atomic E-state index is -0.887. The van der Waals surface area contributed by atoms with Crippen LogP contribution >= 0.6 is 11.3 Å². The fourth-order valence-electron chi connectivity index (χ4n) is 2.76. The van der Waals surface area contributed by atoms with Gasteiger partial charge in [0.1, 0.15) is 22.2 Å². The van der Waals surface area contributed by atoms with Crippen LogP contribution in [0.5, 0.6) is 0 Å². The van der Waals surface area contributed by atoms with Gasteiger partial charge in [0.2, 0.25) is 0 Å². The summed E-state index contributed by atoms with van der Waals surface area (Å²) in [4.78, 5) is 25.5. The molecule has 0 aliphatic heterocycles. The van der Waals surface area contributed by atoms with Gasteiger partial charge in [-0.3, -0.25) is 4.79 Å². The zero-order valence-electron chi connectivity index (χ0n) is 13.4. The highest BCUT2D eigenvalue weighted by Gasteiger charge is 2.19. The van der Waals surface area contributed by atoms with Crippen molar-refractivity contribution in [1.82, 2.24) is 0 Å². The molecule has 0 bridgehead atoms.